The van der Waals surface area contributed by atoms with E-state index in [-0.39, 0.29) is 23.8 Å². The molecule has 2 aromatic carbocycles. The molecule has 0 unspecified atom stereocenters. The second kappa shape index (κ2) is 7.82. The SMILES string of the molecule is COc1ccc(C(=O)N2c3cc(CNC(=O)C(C)C)ccc3C[C@H]2C)cc1. The van der Waals surface area contributed by atoms with Crippen molar-refractivity contribution in [2.75, 3.05) is 12.0 Å². The van der Waals surface area contributed by atoms with E-state index in [0.717, 1.165) is 29.0 Å². The van der Waals surface area contributed by atoms with Crippen molar-refractivity contribution in [3.8, 4) is 5.75 Å². The van der Waals surface area contributed by atoms with Crippen LogP contribution in [-0.4, -0.2) is 25.0 Å². The molecule has 5 heteroatoms. The van der Waals surface area contributed by atoms with Crippen LogP contribution >= 0.6 is 0 Å². The monoisotopic (exact) mass is 366 g/mol. The van der Waals surface area contributed by atoms with Crippen LogP contribution in [0, 0.1) is 5.92 Å². The van der Waals surface area contributed by atoms with Crippen LogP contribution < -0.4 is 15.0 Å². The number of rotatable bonds is 5. The van der Waals surface area contributed by atoms with Crippen LogP contribution in [0.25, 0.3) is 0 Å². The number of ether oxygens (including phenoxy) is 1. The Morgan fingerprint density at radius 2 is 1.89 bits per heavy atom. The van der Waals surface area contributed by atoms with E-state index in [4.69, 9.17) is 4.74 Å². The van der Waals surface area contributed by atoms with Gasteiger partial charge in [0.2, 0.25) is 5.91 Å². The van der Waals surface area contributed by atoms with E-state index in [9.17, 15) is 9.59 Å². The summed E-state index contributed by atoms with van der Waals surface area (Å²) in [5.74, 6) is 0.680. The summed E-state index contributed by atoms with van der Waals surface area (Å²) in [4.78, 5) is 26.8. The predicted octanol–water partition coefficient (Wildman–Crippen LogP) is 3.56. The van der Waals surface area contributed by atoms with Gasteiger partial charge in [-0.3, -0.25) is 9.59 Å². The van der Waals surface area contributed by atoms with Gasteiger partial charge in [-0.25, -0.2) is 0 Å². The second-order valence-corrected chi connectivity index (χ2v) is 7.29. The maximum absolute atomic E-state index is 13.1. The molecule has 0 spiro atoms. The van der Waals surface area contributed by atoms with Crippen molar-refractivity contribution in [2.24, 2.45) is 5.92 Å². The minimum Gasteiger partial charge on any atom is -0.497 e. The van der Waals surface area contributed by atoms with Gasteiger partial charge in [0.15, 0.2) is 0 Å². The van der Waals surface area contributed by atoms with Crippen molar-refractivity contribution < 1.29 is 14.3 Å². The van der Waals surface area contributed by atoms with E-state index >= 15 is 0 Å². The molecule has 1 heterocycles. The Bertz CT molecular complexity index is 843. The third-order valence-electron chi connectivity index (χ3n) is 4.91. The molecule has 0 aromatic heterocycles. The van der Waals surface area contributed by atoms with Crippen LogP contribution in [0.3, 0.4) is 0 Å². The lowest BCUT2D eigenvalue weighted by molar-refractivity contribution is -0.124. The van der Waals surface area contributed by atoms with Gasteiger partial charge in [0.1, 0.15) is 5.75 Å². The molecule has 3 rings (SSSR count). The summed E-state index contributed by atoms with van der Waals surface area (Å²) in [5, 5.41) is 2.93. The molecule has 142 valence electrons. The number of carbonyl (C=O) groups is 2. The number of hydrogen-bond donors (Lipinski definition) is 1. The fourth-order valence-electron chi connectivity index (χ4n) is 3.34. The first-order valence-electron chi connectivity index (χ1n) is 9.28. The van der Waals surface area contributed by atoms with Gasteiger partial charge in [-0.2, -0.15) is 0 Å². The minimum atomic E-state index is -0.0485. The number of methoxy groups -OCH3 is 1. The Morgan fingerprint density at radius 1 is 1.19 bits per heavy atom. The lowest BCUT2D eigenvalue weighted by atomic mass is 10.1. The van der Waals surface area contributed by atoms with E-state index in [1.807, 2.05) is 30.9 Å². The first-order chi connectivity index (χ1) is 12.9. The fourth-order valence-corrected chi connectivity index (χ4v) is 3.34. The summed E-state index contributed by atoms with van der Waals surface area (Å²) in [7, 11) is 1.61. The highest BCUT2D eigenvalue weighted by atomic mass is 16.5. The lowest BCUT2D eigenvalue weighted by Crippen LogP contribution is -2.35. The molecule has 5 nitrogen and oxygen atoms in total. The van der Waals surface area contributed by atoms with Gasteiger partial charge in [0.25, 0.3) is 5.91 Å². The summed E-state index contributed by atoms with van der Waals surface area (Å²) in [6.07, 6.45) is 0.829. The maximum Gasteiger partial charge on any atom is 0.258 e. The van der Waals surface area contributed by atoms with Crippen LogP contribution in [0.2, 0.25) is 0 Å². The van der Waals surface area contributed by atoms with Crippen molar-refractivity contribution >= 4 is 17.5 Å². The van der Waals surface area contributed by atoms with Crippen molar-refractivity contribution in [1.29, 1.82) is 0 Å². The van der Waals surface area contributed by atoms with Crippen molar-refractivity contribution in [2.45, 2.75) is 39.8 Å². The van der Waals surface area contributed by atoms with Gasteiger partial charge < -0.3 is 15.0 Å². The molecule has 0 saturated carbocycles. The summed E-state index contributed by atoms with van der Waals surface area (Å²) >= 11 is 0. The van der Waals surface area contributed by atoms with Gasteiger partial charge in [-0.15, -0.1) is 0 Å². The van der Waals surface area contributed by atoms with Crippen LogP contribution in [0.5, 0.6) is 5.75 Å². The Morgan fingerprint density at radius 3 is 2.52 bits per heavy atom. The Labute approximate surface area is 160 Å². The number of anilines is 1. The number of fused-ring (bicyclic) bond motifs is 1. The highest BCUT2D eigenvalue weighted by molar-refractivity contribution is 6.07. The van der Waals surface area contributed by atoms with Crippen LogP contribution in [0.1, 0.15) is 42.3 Å². The van der Waals surface area contributed by atoms with Gasteiger partial charge in [-0.05, 0) is 54.8 Å². The quantitative estimate of drug-likeness (QED) is 0.880. The average molecular weight is 366 g/mol. The minimum absolute atomic E-state index is 0.0210. The molecule has 1 aliphatic heterocycles. The summed E-state index contributed by atoms with van der Waals surface area (Å²) < 4.78 is 5.17. The molecule has 0 radical (unpaired) electrons. The highest BCUT2D eigenvalue weighted by Crippen LogP contribution is 2.34. The summed E-state index contributed by atoms with van der Waals surface area (Å²) in [5.41, 5.74) is 3.71. The highest BCUT2D eigenvalue weighted by Gasteiger charge is 2.31. The normalized spacial score (nSPS) is 15.6. The molecule has 27 heavy (non-hydrogen) atoms. The van der Waals surface area contributed by atoms with Crippen molar-refractivity contribution in [1.82, 2.24) is 5.32 Å². The molecule has 1 aliphatic rings. The van der Waals surface area contributed by atoms with E-state index in [1.165, 1.54) is 0 Å². The van der Waals surface area contributed by atoms with Crippen molar-refractivity contribution in [3.05, 3.63) is 59.2 Å². The molecule has 2 amide bonds. The first-order valence-corrected chi connectivity index (χ1v) is 9.28. The molecule has 1 atom stereocenters. The topological polar surface area (TPSA) is 58.6 Å². The number of nitrogens with zero attached hydrogens (tertiary/aromatic N) is 1. The standard InChI is InChI=1S/C22H26N2O3/c1-14(2)21(25)23-13-16-5-6-18-11-15(3)24(20(18)12-16)22(26)17-7-9-19(27-4)10-8-17/h5-10,12,14-15H,11,13H2,1-4H3,(H,23,25)/t15-/m1/s1. The molecule has 0 fully saturated rings. The molecule has 2 aromatic rings. The van der Waals surface area contributed by atoms with Crippen LogP contribution in [-0.2, 0) is 17.8 Å². The van der Waals surface area contributed by atoms with E-state index in [0.29, 0.717) is 12.1 Å². The van der Waals surface area contributed by atoms with Crippen LogP contribution in [0.4, 0.5) is 5.69 Å². The molecule has 0 bridgehead atoms. The molecule has 0 aliphatic carbocycles. The Balaban J connectivity index is 1.83. The van der Waals surface area contributed by atoms with E-state index in [1.54, 1.807) is 31.4 Å². The number of hydrogen-bond acceptors (Lipinski definition) is 3. The Kier molecular flexibility index (Phi) is 5.49. The third kappa shape index (κ3) is 3.97. The molecule has 1 N–H and O–H groups in total. The number of benzene rings is 2. The largest absolute Gasteiger partial charge is 0.497 e. The molecule has 0 saturated heterocycles. The smallest absolute Gasteiger partial charge is 0.258 e. The zero-order chi connectivity index (χ0) is 19.6. The third-order valence-corrected chi connectivity index (χ3v) is 4.91. The number of nitrogens with one attached hydrogen (secondary N) is 1. The number of carbonyl (C=O) groups excluding carboxylic acids is 2. The van der Waals surface area contributed by atoms with Gasteiger partial charge in [-0.1, -0.05) is 26.0 Å². The maximum atomic E-state index is 13.1. The average Bonchev–Trinajstić information content (AvgIpc) is 3.00. The van der Waals surface area contributed by atoms with E-state index in [2.05, 4.69) is 18.3 Å². The van der Waals surface area contributed by atoms with Gasteiger partial charge >= 0.3 is 0 Å². The Hall–Kier alpha value is -2.82. The predicted molar refractivity (Wildman–Crippen MR) is 106 cm³/mol. The van der Waals surface area contributed by atoms with Gasteiger partial charge in [0.05, 0.1) is 7.11 Å². The van der Waals surface area contributed by atoms with Crippen molar-refractivity contribution in [3.63, 3.8) is 0 Å². The van der Waals surface area contributed by atoms with E-state index < -0.39 is 0 Å². The first kappa shape index (κ1) is 19.0. The number of amides is 2. The van der Waals surface area contributed by atoms with Crippen LogP contribution in [0.15, 0.2) is 42.5 Å². The summed E-state index contributed by atoms with van der Waals surface area (Å²) in [6, 6.07) is 13.4. The van der Waals surface area contributed by atoms with Gasteiger partial charge in [0, 0.05) is 29.8 Å². The second-order valence-electron chi connectivity index (χ2n) is 7.29. The fraction of sp³-hybridized carbons (Fsp3) is 0.364. The zero-order valence-corrected chi connectivity index (χ0v) is 16.3. The summed E-state index contributed by atoms with van der Waals surface area (Å²) in [6.45, 7) is 6.26. The zero-order valence-electron chi connectivity index (χ0n) is 16.3. The molecular weight excluding hydrogens is 340 g/mol. The molecular formula is C22H26N2O3. The lowest BCUT2D eigenvalue weighted by Gasteiger charge is -2.23.